The summed E-state index contributed by atoms with van der Waals surface area (Å²) < 4.78 is 84.3. The second kappa shape index (κ2) is 11.7. The number of alkyl halides is 3. The van der Waals surface area contributed by atoms with Crippen LogP contribution in [0.3, 0.4) is 0 Å². The third kappa shape index (κ3) is 6.71. The first-order valence-corrected chi connectivity index (χ1v) is 14.5. The van der Waals surface area contributed by atoms with Crippen LogP contribution in [-0.2, 0) is 26.0 Å². The molecule has 0 fully saturated rings. The highest BCUT2D eigenvalue weighted by atomic mass is 32.2. The number of benzene rings is 1. The Morgan fingerprint density at radius 3 is 2.55 bits per heavy atom. The lowest BCUT2D eigenvalue weighted by atomic mass is 10.0. The monoisotopic (exact) mass is 609 g/mol. The number of amides is 1. The summed E-state index contributed by atoms with van der Waals surface area (Å²) in [6, 6.07) is 3.82. The molecule has 2 N–H and O–H groups in total. The summed E-state index contributed by atoms with van der Waals surface area (Å²) >= 11 is 1.08. The number of aryl methyl sites for hydroxylation is 1. The third-order valence-electron chi connectivity index (χ3n) is 5.93. The second-order valence-electron chi connectivity index (χ2n) is 9.44. The maximum atomic E-state index is 14.0. The minimum Gasteiger partial charge on any atom is -0.486 e. The molecule has 2 unspecified atom stereocenters. The molecule has 2 heterocycles. The van der Waals surface area contributed by atoms with E-state index in [2.05, 4.69) is 15.0 Å². The number of carboxylic acids is 1. The molecule has 0 spiro atoms. The van der Waals surface area contributed by atoms with Crippen LogP contribution in [-0.4, -0.2) is 61.6 Å². The van der Waals surface area contributed by atoms with E-state index in [0.717, 1.165) is 15.6 Å². The number of ether oxygens (including phenoxy) is 3. The van der Waals surface area contributed by atoms with E-state index in [1.807, 2.05) is 0 Å². The van der Waals surface area contributed by atoms with Crippen molar-refractivity contribution >= 4 is 44.8 Å². The lowest BCUT2D eigenvalue weighted by Gasteiger charge is -2.36. The third-order valence-corrected chi connectivity index (χ3v) is 8.86. The molecule has 16 heteroatoms. The number of hydrogen-bond donors (Lipinski definition) is 2. The Morgan fingerprint density at radius 1 is 1.30 bits per heavy atom. The molecule has 11 nitrogen and oxygen atoms in total. The molecule has 0 aliphatic carbocycles. The second-order valence-corrected chi connectivity index (χ2v) is 12.3. The lowest BCUT2D eigenvalue weighted by Crippen LogP contribution is -2.45. The van der Waals surface area contributed by atoms with Gasteiger partial charge in [-0.1, -0.05) is 25.2 Å². The van der Waals surface area contributed by atoms with Crippen LogP contribution in [0, 0.1) is 5.92 Å². The van der Waals surface area contributed by atoms with Gasteiger partial charge in [0.1, 0.15) is 11.9 Å². The number of nitrogens with one attached hydrogen (secondary N) is 1. The topological polar surface area (TPSA) is 144 Å². The zero-order chi connectivity index (χ0) is 30.0. The number of carbonyl (C=O) groups excluding carboxylic acids is 1. The van der Waals surface area contributed by atoms with Crippen molar-refractivity contribution in [3.8, 4) is 10.8 Å². The van der Waals surface area contributed by atoms with E-state index in [-0.39, 0.29) is 46.8 Å². The summed E-state index contributed by atoms with van der Waals surface area (Å²) in [5.74, 6) is -1.89. The minimum atomic E-state index is -4.83. The molecular formula is C24H30F3N3O8S2. The quantitative estimate of drug-likeness (QED) is 0.378. The molecule has 222 valence electrons. The first-order chi connectivity index (χ1) is 18.5. The van der Waals surface area contributed by atoms with Crippen molar-refractivity contribution in [1.29, 1.82) is 0 Å². The molecular weight excluding hydrogens is 579 g/mol. The molecule has 0 radical (unpaired) electrons. The fourth-order valence-electron chi connectivity index (χ4n) is 3.64. The summed E-state index contributed by atoms with van der Waals surface area (Å²) in [5.41, 5.74) is -2.89. The predicted octanol–water partition coefficient (Wildman–Crippen LogP) is 5.06. The van der Waals surface area contributed by atoms with Gasteiger partial charge >= 0.3 is 18.2 Å². The van der Waals surface area contributed by atoms with Crippen LogP contribution in [0.25, 0.3) is 0 Å². The summed E-state index contributed by atoms with van der Waals surface area (Å²) in [6.07, 6.45) is -6.67. The summed E-state index contributed by atoms with van der Waals surface area (Å²) in [7, 11) is -4.41. The molecule has 2 aromatic rings. The standard InChI is InChI=1S/C24H30F3N3O8S2/c1-6-18-29-19(21(39-18)36-7-2)40(34,35)30-12-15(10-13(3)20(31)32)37-17-9-8-14(11-16(17)30)28-22(33)38-23(4,5)24(25,26)27/h8-9,11,13,15H,6-7,10,12H2,1-5H3,(H,28,33)(H,31,32). The number of aliphatic carboxylic acids is 1. The number of anilines is 2. The molecule has 1 aromatic carbocycles. The van der Waals surface area contributed by atoms with Crippen LogP contribution in [0.2, 0.25) is 0 Å². The zero-order valence-electron chi connectivity index (χ0n) is 22.4. The molecule has 3 rings (SSSR count). The van der Waals surface area contributed by atoms with Crippen LogP contribution in [0.1, 0.15) is 46.0 Å². The Kier molecular flexibility index (Phi) is 9.13. The van der Waals surface area contributed by atoms with E-state index < -0.39 is 45.9 Å². The van der Waals surface area contributed by atoms with Crippen LogP contribution in [0.4, 0.5) is 29.3 Å². The van der Waals surface area contributed by atoms with Gasteiger partial charge in [-0.3, -0.25) is 14.4 Å². The van der Waals surface area contributed by atoms with Gasteiger partial charge in [-0.25, -0.2) is 9.78 Å². The van der Waals surface area contributed by atoms with Crippen LogP contribution < -0.4 is 19.1 Å². The number of halogens is 3. The van der Waals surface area contributed by atoms with Gasteiger partial charge in [0.05, 0.1) is 29.8 Å². The van der Waals surface area contributed by atoms with Gasteiger partial charge < -0.3 is 19.3 Å². The first-order valence-electron chi connectivity index (χ1n) is 12.3. The Bertz CT molecular complexity index is 1360. The average Bonchev–Trinajstić information content (AvgIpc) is 3.26. The van der Waals surface area contributed by atoms with E-state index in [1.54, 1.807) is 13.8 Å². The van der Waals surface area contributed by atoms with Crippen molar-refractivity contribution in [3.05, 3.63) is 23.2 Å². The highest BCUT2D eigenvalue weighted by Crippen LogP contribution is 2.42. The highest BCUT2D eigenvalue weighted by Gasteiger charge is 2.51. The van der Waals surface area contributed by atoms with Gasteiger partial charge in [0.15, 0.2) is 0 Å². The van der Waals surface area contributed by atoms with Gasteiger partial charge in [0.2, 0.25) is 15.7 Å². The molecule has 1 aromatic heterocycles. The first kappa shape index (κ1) is 31.3. The number of fused-ring (bicyclic) bond motifs is 1. The Labute approximate surface area is 233 Å². The number of aromatic nitrogens is 1. The normalized spacial score (nSPS) is 16.5. The molecule has 0 saturated heterocycles. The van der Waals surface area contributed by atoms with E-state index in [0.29, 0.717) is 25.3 Å². The molecule has 2 atom stereocenters. The van der Waals surface area contributed by atoms with E-state index in [4.69, 9.17) is 9.47 Å². The lowest BCUT2D eigenvalue weighted by molar-refractivity contribution is -0.242. The number of sulfonamides is 1. The van der Waals surface area contributed by atoms with Gasteiger partial charge in [-0.15, -0.1) is 0 Å². The molecule has 1 aliphatic rings. The molecule has 0 bridgehead atoms. The number of hydrogen-bond acceptors (Lipinski definition) is 9. The highest BCUT2D eigenvalue weighted by molar-refractivity contribution is 7.93. The molecule has 40 heavy (non-hydrogen) atoms. The van der Waals surface area contributed by atoms with Crippen LogP contribution in [0.5, 0.6) is 10.8 Å². The molecule has 1 amide bonds. The number of carbonyl (C=O) groups is 2. The van der Waals surface area contributed by atoms with Crippen molar-refractivity contribution in [2.24, 2.45) is 5.92 Å². The van der Waals surface area contributed by atoms with Crippen LogP contribution >= 0.6 is 11.3 Å². The van der Waals surface area contributed by atoms with Gasteiger partial charge in [0.25, 0.3) is 10.0 Å². The number of rotatable bonds is 10. The van der Waals surface area contributed by atoms with E-state index in [9.17, 15) is 36.3 Å². The van der Waals surface area contributed by atoms with Crippen LogP contribution in [0.15, 0.2) is 23.2 Å². The van der Waals surface area contributed by atoms with Gasteiger partial charge in [-0.2, -0.15) is 21.6 Å². The number of nitrogens with zero attached hydrogens (tertiary/aromatic N) is 2. The Hall–Kier alpha value is -3.27. The fraction of sp³-hybridized carbons (Fsp3) is 0.542. The number of carboxylic acid groups (broad SMARTS) is 1. The Balaban J connectivity index is 2.03. The minimum absolute atomic E-state index is 0.0186. The predicted molar refractivity (Wildman–Crippen MR) is 140 cm³/mol. The smallest absolute Gasteiger partial charge is 0.427 e. The van der Waals surface area contributed by atoms with Crippen molar-refractivity contribution in [3.63, 3.8) is 0 Å². The fourth-order valence-corrected chi connectivity index (χ4v) is 6.41. The largest absolute Gasteiger partial charge is 0.486 e. The van der Waals surface area contributed by atoms with Crippen molar-refractivity contribution < 1.29 is 50.5 Å². The van der Waals surface area contributed by atoms with Crippen molar-refractivity contribution in [2.75, 3.05) is 22.8 Å². The molecule has 0 saturated carbocycles. The Morgan fingerprint density at radius 2 is 1.98 bits per heavy atom. The maximum absolute atomic E-state index is 14.0. The number of thiazole rings is 1. The van der Waals surface area contributed by atoms with Gasteiger partial charge in [0, 0.05) is 5.69 Å². The summed E-state index contributed by atoms with van der Waals surface area (Å²) in [6.45, 7) is 6.20. The SMILES string of the molecule is CCOc1sc(CC)nc1S(=O)(=O)N1CC(CC(C)C(=O)O)Oc2ccc(NC(=O)OC(C)(C)C(F)(F)F)cc21. The van der Waals surface area contributed by atoms with Crippen molar-refractivity contribution in [2.45, 2.75) is 70.4 Å². The van der Waals surface area contributed by atoms with E-state index in [1.165, 1.54) is 25.1 Å². The summed E-state index contributed by atoms with van der Waals surface area (Å²) in [5, 5.41) is 11.8. The van der Waals surface area contributed by atoms with Crippen molar-refractivity contribution in [1.82, 2.24) is 4.98 Å². The summed E-state index contributed by atoms with van der Waals surface area (Å²) in [4.78, 5) is 27.9. The van der Waals surface area contributed by atoms with E-state index >= 15 is 0 Å². The van der Waals surface area contributed by atoms with Gasteiger partial charge in [-0.05, 0) is 51.8 Å². The molecule has 1 aliphatic heterocycles. The zero-order valence-corrected chi connectivity index (χ0v) is 24.0. The average molecular weight is 610 g/mol. The maximum Gasteiger partial charge on any atom is 0.427 e.